The minimum absolute atomic E-state index is 0.0233. The lowest BCUT2D eigenvalue weighted by Gasteiger charge is -2.31. The molecule has 174 valence electrons. The van der Waals surface area contributed by atoms with Crippen LogP contribution in [-0.4, -0.2) is 68.0 Å². The van der Waals surface area contributed by atoms with Crippen LogP contribution in [0.3, 0.4) is 0 Å². The van der Waals surface area contributed by atoms with E-state index in [4.69, 9.17) is 0 Å². The molecule has 10 nitrogen and oxygen atoms in total. The number of nitrogens with zero attached hydrogens (tertiary/aromatic N) is 4. The third kappa shape index (κ3) is 2.81. The average molecular weight is 460 g/mol. The number of hydrogen-bond donors (Lipinski definition) is 2. The van der Waals surface area contributed by atoms with Gasteiger partial charge in [-0.3, -0.25) is 19.7 Å². The number of carbonyl (C=O) groups is 4. The zero-order valence-electron chi connectivity index (χ0n) is 18.9. The van der Waals surface area contributed by atoms with Crippen LogP contribution < -0.4 is 25.3 Å². The molecule has 0 saturated carbocycles. The summed E-state index contributed by atoms with van der Waals surface area (Å²) in [6.07, 6.45) is 0.874. The molecule has 34 heavy (non-hydrogen) atoms. The maximum Gasteiger partial charge on any atom is 0.324 e. The Morgan fingerprint density at radius 3 is 2.59 bits per heavy atom. The zero-order valence-corrected chi connectivity index (χ0v) is 18.9. The summed E-state index contributed by atoms with van der Waals surface area (Å²) in [5.41, 5.74) is 4.47. The van der Waals surface area contributed by atoms with E-state index in [-0.39, 0.29) is 36.8 Å². The largest absolute Gasteiger partial charge is 0.343 e. The summed E-state index contributed by atoms with van der Waals surface area (Å²) >= 11 is 0. The summed E-state index contributed by atoms with van der Waals surface area (Å²) < 4.78 is 0. The summed E-state index contributed by atoms with van der Waals surface area (Å²) in [6.45, 7) is 0.906. The SMILES string of the molecule is CN1C(=O)CN2CN(CC(=O)Nc3ccc4c(c3)CC3(C4)C(=O)NC(=O)N3C)c3cccc1c32. The van der Waals surface area contributed by atoms with E-state index in [1.165, 1.54) is 4.90 Å². The first kappa shape index (κ1) is 20.5. The lowest BCUT2D eigenvalue weighted by atomic mass is 9.95. The van der Waals surface area contributed by atoms with E-state index in [0.29, 0.717) is 25.2 Å². The maximum atomic E-state index is 12.9. The van der Waals surface area contributed by atoms with Gasteiger partial charge in [-0.15, -0.1) is 0 Å². The number of likely N-dealkylation sites (N-methyl/N-ethyl adjacent to an activating group) is 2. The fraction of sp³-hybridized carbons (Fsp3) is 0.333. The standard InChI is InChI=1S/C24H24N6O4/c1-27-17-4-3-5-18-21(17)30(12-20(27)32)13-29(18)11-19(31)25-16-7-6-14-9-24(10-15(14)8-16)22(33)26-23(34)28(24)2/h3-8H,9-13H2,1-2H3,(H,25,31)(H,26,33,34). The number of urea groups is 1. The molecular weight excluding hydrogens is 436 g/mol. The van der Waals surface area contributed by atoms with E-state index in [9.17, 15) is 19.2 Å². The van der Waals surface area contributed by atoms with Gasteiger partial charge in [-0.1, -0.05) is 12.1 Å². The summed E-state index contributed by atoms with van der Waals surface area (Å²) in [6, 6.07) is 11.0. The van der Waals surface area contributed by atoms with E-state index in [0.717, 1.165) is 28.2 Å². The third-order valence-corrected chi connectivity index (χ3v) is 7.43. The van der Waals surface area contributed by atoms with E-state index in [2.05, 4.69) is 10.6 Å². The van der Waals surface area contributed by atoms with Crippen molar-refractivity contribution < 1.29 is 19.2 Å². The quantitative estimate of drug-likeness (QED) is 0.660. The van der Waals surface area contributed by atoms with Gasteiger partial charge >= 0.3 is 6.03 Å². The van der Waals surface area contributed by atoms with Crippen molar-refractivity contribution in [2.75, 3.05) is 53.9 Å². The summed E-state index contributed by atoms with van der Waals surface area (Å²) in [4.78, 5) is 56.8. The van der Waals surface area contributed by atoms with Gasteiger partial charge < -0.3 is 24.9 Å². The fourth-order valence-corrected chi connectivity index (χ4v) is 5.54. The molecule has 1 unspecified atom stereocenters. The molecule has 2 N–H and O–H groups in total. The molecule has 4 aliphatic rings. The van der Waals surface area contributed by atoms with Gasteiger partial charge in [0.25, 0.3) is 5.91 Å². The second kappa shape index (κ2) is 6.96. The predicted octanol–water partition coefficient (Wildman–Crippen LogP) is 0.905. The smallest absolute Gasteiger partial charge is 0.324 e. The van der Waals surface area contributed by atoms with Crippen molar-refractivity contribution in [1.82, 2.24) is 10.2 Å². The molecule has 3 heterocycles. The number of nitrogens with one attached hydrogen (secondary N) is 2. The van der Waals surface area contributed by atoms with Crippen LogP contribution in [0.2, 0.25) is 0 Å². The molecule has 1 spiro atoms. The molecule has 0 radical (unpaired) electrons. The minimum atomic E-state index is -0.890. The molecule has 1 fully saturated rings. The molecule has 3 aliphatic heterocycles. The number of imide groups is 1. The number of rotatable bonds is 3. The molecule has 6 rings (SSSR count). The zero-order chi connectivity index (χ0) is 23.8. The van der Waals surface area contributed by atoms with Crippen LogP contribution in [0, 0.1) is 0 Å². The molecule has 2 aromatic rings. The van der Waals surface area contributed by atoms with Crippen molar-refractivity contribution in [2.24, 2.45) is 0 Å². The normalized spacial score (nSPS) is 22.5. The van der Waals surface area contributed by atoms with Gasteiger partial charge in [0.05, 0.1) is 36.8 Å². The highest BCUT2D eigenvalue weighted by Crippen LogP contribution is 2.45. The first-order valence-electron chi connectivity index (χ1n) is 11.2. The van der Waals surface area contributed by atoms with Crippen LogP contribution in [0.15, 0.2) is 36.4 Å². The Labute approximate surface area is 196 Å². The van der Waals surface area contributed by atoms with E-state index in [1.807, 2.05) is 46.2 Å². The molecule has 0 bridgehead atoms. The highest BCUT2D eigenvalue weighted by atomic mass is 16.2. The van der Waals surface area contributed by atoms with Crippen molar-refractivity contribution in [3.63, 3.8) is 0 Å². The number of carbonyl (C=O) groups excluding carboxylic acids is 4. The van der Waals surface area contributed by atoms with Crippen LogP contribution >= 0.6 is 0 Å². The molecule has 0 aromatic heterocycles. The van der Waals surface area contributed by atoms with Crippen LogP contribution in [0.5, 0.6) is 0 Å². The van der Waals surface area contributed by atoms with Gasteiger partial charge in [0.2, 0.25) is 11.8 Å². The van der Waals surface area contributed by atoms with Gasteiger partial charge in [0.1, 0.15) is 5.54 Å². The van der Waals surface area contributed by atoms with Gasteiger partial charge in [0, 0.05) is 32.6 Å². The number of anilines is 4. The fourth-order valence-electron chi connectivity index (χ4n) is 5.54. The van der Waals surface area contributed by atoms with E-state index < -0.39 is 5.54 Å². The average Bonchev–Trinajstić information content (AvgIpc) is 3.42. The number of hydrogen-bond acceptors (Lipinski definition) is 6. The van der Waals surface area contributed by atoms with E-state index in [1.54, 1.807) is 19.0 Å². The highest BCUT2D eigenvalue weighted by Gasteiger charge is 2.54. The molecule has 1 atom stereocenters. The molecule has 1 saturated heterocycles. The second-order valence-corrected chi connectivity index (χ2v) is 9.37. The lowest BCUT2D eigenvalue weighted by Crippen LogP contribution is -2.48. The Kier molecular flexibility index (Phi) is 4.20. The Morgan fingerprint density at radius 2 is 1.82 bits per heavy atom. The lowest BCUT2D eigenvalue weighted by molar-refractivity contribution is -0.126. The number of amides is 5. The second-order valence-electron chi connectivity index (χ2n) is 9.37. The van der Waals surface area contributed by atoms with Crippen molar-refractivity contribution in [3.05, 3.63) is 47.5 Å². The topological polar surface area (TPSA) is 105 Å². The number of fused-ring (bicyclic) bond motifs is 1. The Morgan fingerprint density at radius 1 is 1.06 bits per heavy atom. The minimum Gasteiger partial charge on any atom is -0.343 e. The van der Waals surface area contributed by atoms with Crippen LogP contribution in [-0.2, 0) is 27.2 Å². The maximum absolute atomic E-state index is 12.9. The molecular formula is C24H24N6O4. The van der Waals surface area contributed by atoms with E-state index >= 15 is 0 Å². The van der Waals surface area contributed by atoms with Crippen molar-refractivity contribution in [2.45, 2.75) is 18.4 Å². The van der Waals surface area contributed by atoms with Crippen molar-refractivity contribution in [3.8, 4) is 0 Å². The molecule has 5 amide bonds. The van der Waals surface area contributed by atoms with Gasteiger partial charge in [0.15, 0.2) is 0 Å². The Bertz CT molecular complexity index is 1290. The third-order valence-electron chi connectivity index (χ3n) is 7.43. The first-order chi connectivity index (χ1) is 16.3. The number of benzene rings is 2. The van der Waals surface area contributed by atoms with Gasteiger partial charge in [-0.2, -0.15) is 0 Å². The summed E-state index contributed by atoms with van der Waals surface area (Å²) in [5, 5.41) is 5.36. The molecule has 10 heteroatoms. The van der Waals surface area contributed by atoms with Crippen LogP contribution in [0.1, 0.15) is 11.1 Å². The van der Waals surface area contributed by atoms with Crippen molar-refractivity contribution >= 4 is 46.5 Å². The summed E-state index contributed by atoms with van der Waals surface area (Å²) in [7, 11) is 3.41. The predicted molar refractivity (Wildman–Crippen MR) is 126 cm³/mol. The Balaban J connectivity index is 1.18. The highest BCUT2D eigenvalue weighted by molar-refractivity contribution is 6.08. The molecule has 2 aromatic carbocycles. The van der Waals surface area contributed by atoms with Crippen LogP contribution in [0.4, 0.5) is 27.5 Å². The monoisotopic (exact) mass is 460 g/mol. The van der Waals surface area contributed by atoms with Crippen molar-refractivity contribution in [1.29, 1.82) is 0 Å². The molecule has 1 aliphatic carbocycles. The summed E-state index contributed by atoms with van der Waals surface area (Å²) in [5.74, 6) is -0.425. The van der Waals surface area contributed by atoms with Gasteiger partial charge in [-0.25, -0.2) is 4.79 Å². The number of para-hydroxylation sites is 1. The van der Waals surface area contributed by atoms with Crippen LogP contribution in [0.25, 0.3) is 0 Å². The first-order valence-corrected chi connectivity index (χ1v) is 11.2. The van der Waals surface area contributed by atoms with Gasteiger partial charge in [-0.05, 0) is 35.4 Å². The Hall–Kier alpha value is -4.08.